The maximum absolute atomic E-state index is 12.4. The minimum atomic E-state index is -0.105. The summed E-state index contributed by atoms with van der Waals surface area (Å²) in [5.74, 6) is -0.105. The van der Waals surface area contributed by atoms with Crippen LogP contribution in [-0.2, 0) is 0 Å². The summed E-state index contributed by atoms with van der Waals surface area (Å²) in [7, 11) is 0. The van der Waals surface area contributed by atoms with Crippen molar-refractivity contribution in [2.45, 2.75) is 39.2 Å². The van der Waals surface area contributed by atoms with Gasteiger partial charge in [-0.25, -0.2) is 4.68 Å². The van der Waals surface area contributed by atoms with E-state index in [4.69, 9.17) is 5.73 Å². The summed E-state index contributed by atoms with van der Waals surface area (Å²) in [5.41, 5.74) is 7.99. The molecule has 1 aromatic heterocycles. The average Bonchev–Trinajstić information content (AvgIpc) is 2.94. The van der Waals surface area contributed by atoms with E-state index in [9.17, 15) is 4.79 Å². The molecule has 1 unspecified atom stereocenters. The standard InChI is InChI=1S/C17H24N4O/c1-3-4-8-14(11-18)19-17(22)16-12-21(20-13(16)2)15-9-6-5-7-10-15/h5-7,9-10,12,14H,3-4,8,11,18H2,1-2H3,(H,19,22). The Labute approximate surface area is 131 Å². The molecular weight excluding hydrogens is 276 g/mol. The molecule has 0 aliphatic carbocycles. The number of para-hydroxylation sites is 1. The lowest BCUT2D eigenvalue weighted by molar-refractivity contribution is 0.0935. The highest BCUT2D eigenvalue weighted by atomic mass is 16.1. The van der Waals surface area contributed by atoms with Crippen LogP contribution in [0.15, 0.2) is 36.5 Å². The van der Waals surface area contributed by atoms with E-state index >= 15 is 0 Å². The molecule has 1 aromatic carbocycles. The number of rotatable bonds is 7. The third-order valence-corrected chi connectivity index (χ3v) is 3.69. The molecule has 5 nitrogen and oxygen atoms in total. The lowest BCUT2D eigenvalue weighted by atomic mass is 10.1. The number of nitrogens with two attached hydrogens (primary N) is 1. The van der Waals surface area contributed by atoms with Crippen molar-refractivity contribution in [2.24, 2.45) is 5.73 Å². The van der Waals surface area contributed by atoms with E-state index in [0.717, 1.165) is 24.9 Å². The molecule has 5 heteroatoms. The first kappa shape index (κ1) is 16.2. The number of nitrogens with one attached hydrogen (secondary N) is 1. The molecule has 118 valence electrons. The van der Waals surface area contributed by atoms with Crippen LogP contribution < -0.4 is 11.1 Å². The second-order valence-electron chi connectivity index (χ2n) is 5.46. The molecule has 3 N–H and O–H groups in total. The van der Waals surface area contributed by atoms with Gasteiger partial charge in [-0.3, -0.25) is 4.79 Å². The van der Waals surface area contributed by atoms with Gasteiger partial charge in [-0.15, -0.1) is 0 Å². The normalized spacial score (nSPS) is 12.1. The first-order valence-electron chi connectivity index (χ1n) is 7.78. The van der Waals surface area contributed by atoms with Gasteiger partial charge in [0, 0.05) is 18.8 Å². The van der Waals surface area contributed by atoms with Crippen LogP contribution in [0.3, 0.4) is 0 Å². The molecule has 0 aliphatic heterocycles. The van der Waals surface area contributed by atoms with Gasteiger partial charge in [-0.1, -0.05) is 38.0 Å². The molecule has 0 spiro atoms. The Morgan fingerprint density at radius 1 is 1.36 bits per heavy atom. The van der Waals surface area contributed by atoms with Crippen molar-refractivity contribution in [3.63, 3.8) is 0 Å². The highest BCUT2D eigenvalue weighted by molar-refractivity contribution is 5.95. The Hall–Kier alpha value is -2.14. The fraction of sp³-hybridized carbons (Fsp3) is 0.412. The number of amides is 1. The topological polar surface area (TPSA) is 72.9 Å². The smallest absolute Gasteiger partial charge is 0.255 e. The lowest BCUT2D eigenvalue weighted by Crippen LogP contribution is -2.40. The summed E-state index contributed by atoms with van der Waals surface area (Å²) in [5, 5.41) is 7.43. The number of hydrogen-bond acceptors (Lipinski definition) is 3. The minimum Gasteiger partial charge on any atom is -0.348 e. The van der Waals surface area contributed by atoms with E-state index in [2.05, 4.69) is 17.3 Å². The Morgan fingerprint density at radius 2 is 2.09 bits per heavy atom. The first-order valence-corrected chi connectivity index (χ1v) is 7.78. The molecule has 1 atom stereocenters. The molecule has 0 saturated heterocycles. The van der Waals surface area contributed by atoms with Crippen LogP contribution in [0.2, 0.25) is 0 Å². The molecule has 0 fully saturated rings. The van der Waals surface area contributed by atoms with E-state index < -0.39 is 0 Å². The Morgan fingerprint density at radius 3 is 2.73 bits per heavy atom. The molecule has 22 heavy (non-hydrogen) atoms. The number of unbranched alkanes of at least 4 members (excludes halogenated alkanes) is 1. The maximum atomic E-state index is 12.4. The van der Waals surface area contributed by atoms with Gasteiger partial charge >= 0.3 is 0 Å². The van der Waals surface area contributed by atoms with Crippen molar-refractivity contribution in [2.75, 3.05) is 6.54 Å². The Kier molecular flexibility index (Phi) is 5.72. The second kappa shape index (κ2) is 7.75. The number of hydrogen-bond donors (Lipinski definition) is 2. The van der Waals surface area contributed by atoms with E-state index in [1.54, 1.807) is 10.9 Å². The zero-order valence-corrected chi connectivity index (χ0v) is 13.2. The third-order valence-electron chi connectivity index (χ3n) is 3.69. The Balaban J connectivity index is 2.12. The molecule has 0 saturated carbocycles. The van der Waals surface area contributed by atoms with E-state index in [1.807, 2.05) is 37.3 Å². The van der Waals surface area contributed by atoms with Gasteiger partial charge in [0.05, 0.1) is 16.9 Å². The van der Waals surface area contributed by atoms with Crippen LogP contribution in [0.1, 0.15) is 42.2 Å². The van der Waals surface area contributed by atoms with Gasteiger partial charge in [-0.2, -0.15) is 5.10 Å². The summed E-state index contributed by atoms with van der Waals surface area (Å²) in [4.78, 5) is 12.4. The van der Waals surface area contributed by atoms with Crippen molar-refractivity contribution in [3.05, 3.63) is 47.8 Å². The SMILES string of the molecule is CCCCC(CN)NC(=O)c1cn(-c2ccccc2)nc1C. The lowest BCUT2D eigenvalue weighted by Gasteiger charge is -2.16. The zero-order chi connectivity index (χ0) is 15.9. The van der Waals surface area contributed by atoms with E-state index in [1.165, 1.54) is 0 Å². The van der Waals surface area contributed by atoms with Gasteiger partial charge in [0.25, 0.3) is 5.91 Å². The van der Waals surface area contributed by atoms with Crippen LogP contribution in [-0.4, -0.2) is 28.3 Å². The molecule has 1 heterocycles. The van der Waals surface area contributed by atoms with Crippen molar-refractivity contribution >= 4 is 5.91 Å². The van der Waals surface area contributed by atoms with Crippen molar-refractivity contribution in [3.8, 4) is 5.69 Å². The highest BCUT2D eigenvalue weighted by Gasteiger charge is 2.17. The van der Waals surface area contributed by atoms with Crippen LogP contribution in [0.25, 0.3) is 5.69 Å². The molecule has 2 aromatic rings. The molecule has 2 rings (SSSR count). The minimum absolute atomic E-state index is 0.0203. The third kappa shape index (κ3) is 3.95. The second-order valence-corrected chi connectivity index (χ2v) is 5.46. The quantitative estimate of drug-likeness (QED) is 0.825. The molecule has 1 amide bonds. The average molecular weight is 300 g/mol. The summed E-state index contributed by atoms with van der Waals surface area (Å²) < 4.78 is 1.73. The summed E-state index contributed by atoms with van der Waals surface area (Å²) in [6, 6.07) is 9.78. The summed E-state index contributed by atoms with van der Waals surface area (Å²) >= 11 is 0. The van der Waals surface area contributed by atoms with Crippen LogP contribution in [0.4, 0.5) is 0 Å². The number of carbonyl (C=O) groups excluding carboxylic acids is 1. The maximum Gasteiger partial charge on any atom is 0.255 e. The van der Waals surface area contributed by atoms with Gasteiger partial charge in [0.2, 0.25) is 0 Å². The van der Waals surface area contributed by atoms with Crippen LogP contribution in [0, 0.1) is 6.92 Å². The fourth-order valence-corrected chi connectivity index (χ4v) is 2.36. The van der Waals surface area contributed by atoms with Crippen LogP contribution >= 0.6 is 0 Å². The number of benzene rings is 1. The first-order chi connectivity index (χ1) is 10.7. The predicted octanol–water partition coefficient (Wildman–Crippen LogP) is 2.43. The summed E-state index contributed by atoms with van der Waals surface area (Å²) in [6.45, 7) is 4.43. The van der Waals surface area contributed by atoms with Gasteiger partial charge in [0.1, 0.15) is 0 Å². The predicted molar refractivity (Wildman–Crippen MR) is 88.1 cm³/mol. The van der Waals surface area contributed by atoms with E-state index in [-0.39, 0.29) is 11.9 Å². The number of aromatic nitrogens is 2. The molecular formula is C17H24N4O. The largest absolute Gasteiger partial charge is 0.348 e. The van der Waals surface area contributed by atoms with Crippen molar-refractivity contribution < 1.29 is 4.79 Å². The van der Waals surface area contributed by atoms with Gasteiger partial charge < -0.3 is 11.1 Å². The molecule has 0 bridgehead atoms. The molecule has 0 aliphatic rings. The highest BCUT2D eigenvalue weighted by Crippen LogP contribution is 2.12. The number of carbonyl (C=O) groups is 1. The zero-order valence-electron chi connectivity index (χ0n) is 13.2. The van der Waals surface area contributed by atoms with E-state index in [0.29, 0.717) is 17.8 Å². The Bertz CT molecular complexity index is 606. The number of nitrogens with zero attached hydrogens (tertiary/aromatic N) is 2. The summed E-state index contributed by atoms with van der Waals surface area (Å²) in [6.07, 6.45) is 4.83. The van der Waals surface area contributed by atoms with Gasteiger partial charge in [-0.05, 0) is 25.5 Å². The number of aryl methyl sites for hydroxylation is 1. The fourth-order valence-electron chi connectivity index (χ4n) is 2.36. The van der Waals surface area contributed by atoms with Gasteiger partial charge in [0.15, 0.2) is 0 Å². The monoisotopic (exact) mass is 300 g/mol. The van der Waals surface area contributed by atoms with Crippen molar-refractivity contribution in [1.82, 2.24) is 15.1 Å². The molecule has 0 radical (unpaired) electrons. The van der Waals surface area contributed by atoms with Crippen LogP contribution in [0.5, 0.6) is 0 Å². The van der Waals surface area contributed by atoms with Crippen molar-refractivity contribution in [1.29, 1.82) is 0 Å².